The fourth-order valence-corrected chi connectivity index (χ4v) is 3.37. The van der Waals surface area contributed by atoms with Crippen molar-refractivity contribution in [3.05, 3.63) is 0 Å². The number of rotatable bonds is 6. The van der Waals surface area contributed by atoms with Gasteiger partial charge < -0.3 is 15.8 Å². The molecular formula is C14H28N2O2. The second kappa shape index (κ2) is 6.53. The molecular weight excluding hydrogens is 228 g/mol. The van der Waals surface area contributed by atoms with Crippen LogP contribution < -0.4 is 11.1 Å². The smallest absolute Gasteiger partial charge is 0.238 e. The normalized spacial score (nSPS) is 32.7. The van der Waals surface area contributed by atoms with Gasteiger partial charge in [0.05, 0.1) is 6.61 Å². The fraction of sp³-hybridized carbons (Fsp3) is 0.929. The van der Waals surface area contributed by atoms with Crippen molar-refractivity contribution in [2.75, 3.05) is 20.3 Å². The molecule has 3 N–H and O–H groups in total. The number of hydrogen-bond donors (Lipinski definition) is 2. The molecule has 3 atom stereocenters. The predicted molar refractivity (Wildman–Crippen MR) is 73.1 cm³/mol. The summed E-state index contributed by atoms with van der Waals surface area (Å²) in [6, 6.07) is 0. The van der Waals surface area contributed by atoms with Crippen molar-refractivity contribution in [3.8, 4) is 0 Å². The standard InChI is InChI=1S/C14H28N2O2/c1-10(2)12-6-5-11(3)9-14(12,13(15)17)16-7-8-18-4/h10-12,16H,5-9H2,1-4H3,(H2,15,17). The molecule has 0 aromatic heterocycles. The number of ether oxygens (including phenoxy) is 1. The Labute approximate surface area is 111 Å². The molecule has 0 aliphatic heterocycles. The minimum atomic E-state index is -0.551. The molecule has 0 heterocycles. The first kappa shape index (κ1) is 15.4. The second-order valence-corrected chi connectivity index (χ2v) is 5.99. The first-order valence-electron chi connectivity index (χ1n) is 6.98. The van der Waals surface area contributed by atoms with E-state index >= 15 is 0 Å². The van der Waals surface area contributed by atoms with Gasteiger partial charge in [-0.25, -0.2) is 0 Å². The van der Waals surface area contributed by atoms with Gasteiger partial charge in [-0.1, -0.05) is 27.2 Å². The molecule has 4 nitrogen and oxygen atoms in total. The van der Waals surface area contributed by atoms with Gasteiger partial charge in [0.25, 0.3) is 0 Å². The van der Waals surface area contributed by atoms with Gasteiger partial charge in [0.1, 0.15) is 5.54 Å². The van der Waals surface area contributed by atoms with Crippen LogP contribution in [0.25, 0.3) is 0 Å². The van der Waals surface area contributed by atoms with Crippen LogP contribution in [0.5, 0.6) is 0 Å². The monoisotopic (exact) mass is 256 g/mol. The molecule has 0 radical (unpaired) electrons. The van der Waals surface area contributed by atoms with Crippen molar-refractivity contribution in [1.29, 1.82) is 0 Å². The number of amides is 1. The molecule has 0 aromatic rings. The van der Waals surface area contributed by atoms with Crippen molar-refractivity contribution in [3.63, 3.8) is 0 Å². The molecule has 1 fully saturated rings. The van der Waals surface area contributed by atoms with Gasteiger partial charge in [0.15, 0.2) is 0 Å². The number of methoxy groups -OCH3 is 1. The molecule has 1 rings (SSSR count). The molecule has 0 spiro atoms. The number of nitrogens with one attached hydrogen (secondary N) is 1. The zero-order valence-corrected chi connectivity index (χ0v) is 12.2. The summed E-state index contributed by atoms with van der Waals surface area (Å²) in [6.07, 6.45) is 3.10. The van der Waals surface area contributed by atoms with E-state index in [9.17, 15) is 4.79 Å². The van der Waals surface area contributed by atoms with E-state index in [4.69, 9.17) is 10.5 Å². The molecule has 1 amide bonds. The summed E-state index contributed by atoms with van der Waals surface area (Å²) in [4.78, 5) is 12.0. The lowest BCUT2D eigenvalue weighted by Gasteiger charge is -2.46. The molecule has 18 heavy (non-hydrogen) atoms. The summed E-state index contributed by atoms with van der Waals surface area (Å²) in [5.41, 5.74) is 5.18. The van der Waals surface area contributed by atoms with Crippen LogP contribution in [0.3, 0.4) is 0 Å². The van der Waals surface area contributed by atoms with Crippen molar-refractivity contribution < 1.29 is 9.53 Å². The van der Waals surface area contributed by atoms with E-state index in [1.54, 1.807) is 7.11 Å². The Hall–Kier alpha value is -0.610. The fourth-order valence-electron chi connectivity index (χ4n) is 3.37. The van der Waals surface area contributed by atoms with E-state index in [2.05, 4.69) is 26.1 Å². The van der Waals surface area contributed by atoms with Gasteiger partial charge in [0.2, 0.25) is 5.91 Å². The largest absolute Gasteiger partial charge is 0.383 e. The Bertz CT molecular complexity index is 281. The third-order valence-corrected chi connectivity index (χ3v) is 4.26. The van der Waals surface area contributed by atoms with Gasteiger partial charge in [0, 0.05) is 13.7 Å². The lowest BCUT2D eigenvalue weighted by molar-refractivity contribution is -0.130. The Morgan fingerprint density at radius 1 is 1.50 bits per heavy atom. The molecule has 0 bridgehead atoms. The van der Waals surface area contributed by atoms with Crippen molar-refractivity contribution >= 4 is 5.91 Å². The van der Waals surface area contributed by atoms with Crippen molar-refractivity contribution in [2.45, 2.75) is 45.6 Å². The lowest BCUT2D eigenvalue weighted by Crippen LogP contribution is -2.64. The van der Waals surface area contributed by atoms with E-state index in [1.165, 1.54) is 6.42 Å². The Morgan fingerprint density at radius 2 is 2.17 bits per heavy atom. The van der Waals surface area contributed by atoms with E-state index in [-0.39, 0.29) is 5.91 Å². The first-order valence-corrected chi connectivity index (χ1v) is 6.98. The minimum Gasteiger partial charge on any atom is -0.383 e. The Morgan fingerprint density at radius 3 is 2.67 bits per heavy atom. The van der Waals surface area contributed by atoms with E-state index in [0.717, 1.165) is 12.8 Å². The summed E-state index contributed by atoms with van der Waals surface area (Å²) in [5, 5.41) is 3.40. The first-order chi connectivity index (χ1) is 8.44. The number of nitrogens with two attached hydrogens (primary N) is 1. The number of hydrogen-bond acceptors (Lipinski definition) is 3. The Kier molecular flexibility index (Phi) is 5.60. The van der Waals surface area contributed by atoms with Crippen LogP contribution in [0, 0.1) is 17.8 Å². The van der Waals surface area contributed by atoms with Crippen LogP contribution >= 0.6 is 0 Å². The maximum atomic E-state index is 12.0. The summed E-state index contributed by atoms with van der Waals surface area (Å²) in [6.45, 7) is 7.84. The van der Waals surface area contributed by atoms with Gasteiger partial charge in [-0.2, -0.15) is 0 Å². The van der Waals surface area contributed by atoms with Crippen LogP contribution in [-0.4, -0.2) is 31.7 Å². The Balaban J connectivity index is 2.90. The van der Waals surface area contributed by atoms with E-state index in [0.29, 0.717) is 30.9 Å². The SMILES string of the molecule is COCCNC1(C(N)=O)CC(C)CCC1C(C)C. The van der Waals surface area contributed by atoms with Crippen LogP contribution in [0.1, 0.15) is 40.0 Å². The predicted octanol–water partition coefficient (Wildman–Crippen LogP) is 1.54. The van der Waals surface area contributed by atoms with Gasteiger partial charge in [-0.05, 0) is 30.6 Å². The molecule has 0 aromatic carbocycles. The van der Waals surface area contributed by atoms with Crippen molar-refractivity contribution in [1.82, 2.24) is 5.32 Å². The third kappa shape index (κ3) is 3.23. The molecule has 0 saturated heterocycles. The molecule has 1 aliphatic carbocycles. The molecule has 4 heteroatoms. The van der Waals surface area contributed by atoms with E-state index in [1.807, 2.05) is 0 Å². The molecule has 1 aliphatic rings. The summed E-state index contributed by atoms with van der Waals surface area (Å²) in [5.74, 6) is 1.12. The zero-order chi connectivity index (χ0) is 13.8. The zero-order valence-electron chi connectivity index (χ0n) is 12.2. The van der Waals surface area contributed by atoms with Crippen LogP contribution in [0.4, 0.5) is 0 Å². The molecule has 3 unspecified atom stereocenters. The summed E-state index contributed by atoms with van der Waals surface area (Å²) < 4.78 is 5.07. The number of carbonyl (C=O) groups excluding carboxylic acids is 1. The third-order valence-electron chi connectivity index (χ3n) is 4.26. The number of primary amides is 1. The van der Waals surface area contributed by atoms with Crippen LogP contribution in [0.2, 0.25) is 0 Å². The average Bonchev–Trinajstić information content (AvgIpc) is 2.28. The minimum absolute atomic E-state index is 0.205. The number of carbonyl (C=O) groups is 1. The second-order valence-electron chi connectivity index (χ2n) is 5.99. The van der Waals surface area contributed by atoms with Crippen molar-refractivity contribution in [2.24, 2.45) is 23.5 Å². The summed E-state index contributed by atoms with van der Waals surface area (Å²) >= 11 is 0. The average molecular weight is 256 g/mol. The highest BCUT2D eigenvalue weighted by molar-refractivity contribution is 5.85. The van der Waals surface area contributed by atoms with Gasteiger partial charge in [-0.15, -0.1) is 0 Å². The molecule has 106 valence electrons. The highest BCUT2D eigenvalue weighted by Crippen LogP contribution is 2.40. The highest BCUT2D eigenvalue weighted by Gasteiger charge is 2.48. The van der Waals surface area contributed by atoms with Crippen LogP contribution in [-0.2, 0) is 9.53 Å². The van der Waals surface area contributed by atoms with Gasteiger partial charge in [-0.3, -0.25) is 4.79 Å². The highest BCUT2D eigenvalue weighted by atomic mass is 16.5. The maximum Gasteiger partial charge on any atom is 0.238 e. The lowest BCUT2D eigenvalue weighted by atomic mass is 9.64. The summed E-state index contributed by atoms with van der Waals surface area (Å²) in [7, 11) is 1.67. The van der Waals surface area contributed by atoms with E-state index < -0.39 is 5.54 Å². The van der Waals surface area contributed by atoms with Gasteiger partial charge >= 0.3 is 0 Å². The topological polar surface area (TPSA) is 64.3 Å². The quantitative estimate of drug-likeness (QED) is 0.709. The maximum absolute atomic E-state index is 12.0. The molecule has 1 saturated carbocycles. The van der Waals surface area contributed by atoms with Crippen LogP contribution in [0.15, 0.2) is 0 Å².